The summed E-state index contributed by atoms with van der Waals surface area (Å²) in [5, 5.41) is 0. The zero-order valence-corrected chi connectivity index (χ0v) is 42.7. The van der Waals surface area contributed by atoms with Crippen LogP contribution < -0.4 is 9.47 Å². The fourth-order valence-electron chi connectivity index (χ4n) is 8.44. The fraction of sp³-hybridized carbons (Fsp3) is 0.379. The van der Waals surface area contributed by atoms with E-state index in [1.807, 2.05) is 158 Å². The Labute approximate surface area is 421 Å². The van der Waals surface area contributed by atoms with Gasteiger partial charge in [-0.25, -0.2) is 4.67 Å². The van der Waals surface area contributed by atoms with E-state index in [9.17, 15) is 0 Å². The van der Waals surface area contributed by atoms with E-state index in [0.29, 0.717) is 19.8 Å². The molecule has 0 spiro atoms. The van der Waals surface area contributed by atoms with E-state index >= 15 is 0 Å². The predicted molar refractivity (Wildman–Crippen MR) is 275 cm³/mol. The summed E-state index contributed by atoms with van der Waals surface area (Å²) in [7, 11) is 1.49. The number of rotatable bonds is 29. The van der Waals surface area contributed by atoms with Gasteiger partial charge in [0, 0.05) is 12.1 Å². The van der Waals surface area contributed by atoms with Gasteiger partial charge in [-0.3, -0.25) is 0 Å². The van der Waals surface area contributed by atoms with Crippen molar-refractivity contribution in [3.63, 3.8) is 0 Å². The van der Waals surface area contributed by atoms with E-state index < -0.39 is 45.1 Å². The lowest BCUT2D eigenvalue weighted by Crippen LogP contribution is -2.67. The van der Waals surface area contributed by atoms with Gasteiger partial charge in [-0.2, -0.15) is 0 Å². The summed E-state index contributed by atoms with van der Waals surface area (Å²) >= 11 is 0. The second-order valence-electron chi connectivity index (χ2n) is 17.8. The molecule has 1 saturated carbocycles. The minimum Gasteiger partial charge on any atom is -0.497 e. The lowest BCUT2D eigenvalue weighted by Gasteiger charge is -2.50. The molecule has 1 aliphatic carbocycles. The number of nitrogens with zero attached hydrogens (tertiary/aromatic N) is 1. The Morgan fingerprint density at radius 2 is 0.676 bits per heavy atom. The van der Waals surface area contributed by atoms with Gasteiger partial charge in [0.1, 0.15) is 61.7 Å². The molecule has 0 bridgehead atoms. The van der Waals surface area contributed by atoms with Gasteiger partial charge >= 0.3 is 0 Å². The molecule has 13 heteroatoms. The molecular formula is C58H70NO11P. The predicted octanol–water partition coefficient (Wildman–Crippen LogP) is 11.8. The Morgan fingerprint density at radius 1 is 0.366 bits per heavy atom. The van der Waals surface area contributed by atoms with Gasteiger partial charge in [-0.15, -0.1) is 0 Å². The molecule has 0 N–H and O–H groups in total. The lowest BCUT2D eigenvalue weighted by atomic mass is 9.83. The van der Waals surface area contributed by atoms with Crippen molar-refractivity contribution in [3.05, 3.63) is 203 Å². The summed E-state index contributed by atoms with van der Waals surface area (Å²) in [5.74, 6) is 1.48. The van der Waals surface area contributed by atoms with Gasteiger partial charge in [0.25, 0.3) is 8.53 Å². The molecule has 1 unspecified atom stereocenters. The average molecular weight is 988 g/mol. The molecule has 378 valence electrons. The van der Waals surface area contributed by atoms with Gasteiger partial charge in [-0.1, -0.05) is 146 Å². The van der Waals surface area contributed by atoms with Crippen LogP contribution in [0.25, 0.3) is 0 Å². The molecule has 0 aliphatic heterocycles. The quantitative estimate of drug-likeness (QED) is 0.0254. The van der Waals surface area contributed by atoms with Gasteiger partial charge in [0.05, 0.1) is 53.9 Å². The minimum absolute atomic E-state index is 0.0375. The summed E-state index contributed by atoms with van der Waals surface area (Å²) in [6.45, 7) is 10.0. The maximum Gasteiger partial charge on any atom is 0.260 e. The standard InChI is InChI=1S/C58H70NO11P/c1-43(2)59(44(3)4)71(69-40-48-25-17-10-18-26-48)70-58-56(67-41-62-35-45-19-11-7-12-20-45)54(64-37-47-23-15-9-16-24-47)53(65-38-49-27-31-51(60-5)32-28-49)55(66-39-50-29-33-52(61-6)34-30-50)57(58)68-42-63-36-46-21-13-8-14-22-46/h7-34,43-44,53-58H,35-42H2,1-6H3/t53-,54-,55+,56-,57-,58-,71?/m1/s1. The monoisotopic (exact) mass is 987 g/mol. The Hall–Kier alpha value is -5.05. The third-order valence-electron chi connectivity index (χ3n) is 12.0. The zero-order chi connectivity index (χ0) is 49.6. The van der Waals surface area contributed by atoms with E-state index in [1.54, 1.807) is 14.2 Å². The highest BCUT2D eigenvalue weighted by Gasteiger charge is 2.56. The van der Waals surface area contributed by atoms with Crippen LogP contribution in [0, 0.1) is 0 Å². The van der Waals surface area contributed by atoms with Crippen LogP contribution in [0.2, 0.25) is 0 Å². The van der Waals surface area contributed by atoms with Crippen molar-refractivity contribution in [2.45, 2.75) is 116 Å². The number of methoxy groups -OCH3 is 2. The lowest BCUT2D eigenvalue weighted by molar-refractivity contribution is -0.295. The largest absolute Gasteiger partial charge is 0.497 e. The van der Waals surface area contributed by atoms with Crippen molar-refractivity contribution >= 4 is 8.53 Å². The molecule has 0 aromatic heterocycles. The average Bonchev–Trinajstić information content (AvgIpc) is 3.40. The Balaban J connectivity index is 1.33. The van der Waals surface area contributed by atoms with Gasteiger partial charge < -0.3 is 51.7 Å². The first-order valence-corrected chi connectivity index (χ1v) is 25.5. The smallest absolute Gasteiger partial charge is 0.260 e. The van der Waals surface area contributed by atoms with Crippen molar-refractivity contribution in [2.24, 2.45) is 0 Å². The first kappa shape index (κ1) is 53.7. The highest BCUT2D eigenvalue weighted by molar-refractivity contribution is 7.44. The van der Waals surface area contributed by atoms with Crippen LogP contribution in [-0.2, 0) is 81.8 Å². The van der Waals surface area contributed by atoms with Gasteiger partial charge in [0.2, 0.25) is 0 Å². The Morgan fingerprint density at radius 3 is 1.01 bits per heavy atom. The molecule has 0 amide bonds. The molecule has 0 saturated heterocycles. The van der Waals surface area contributed by atoms with Crippen LogP contribution in [0.3, 0.4) is 0 Å². The third kappa shape index (κ3) is 16.5. The highest BCUT2D eigenvalue weighted by Crippen LogP contribution is 2.51. The number of hydrogen-bond donors (Lipinski definition) is 0. The van der Waals surface area contributed by atoms with Crippen LogP contribution in [0.4, 0.5) is 0 Å². The molecule has 7 rings (SSSR count). The molecule has 12 nitrogen and oxygen atoms in total. The van der Waals surface area contributed by atoms with Crippen molar-refractivity contribution in [3.8, 4) is 11.5 Å². The molecule has 1 fully saturated rings. The molecule has 0 heterocycles. The third-order valence-corrected chi connectivity index (χ3v) is 14.1. The van der Waals surface area contributed by atoms with E-state index in [4.69, 9.17) is 51.7 Å². The van der Waals surface area contributed by atoms with Crippen molar-refractivity contribution in [2.75, 3.05) is 27.8 Å². The summed E-state index contributed by atoms with van der Waals surface area (Å²) in [4.78, 5) is 0. The first-order valence-electron chi connectivity index (χ1n) is 24.3. The normalized spacial score (nSPS) is 19.6. The second-order valence-corrected chi connectivity index (χ2v) is 19.2. The molecule has 1 aliphatic rings. The number of benzene rings is 6. The van der Waals surface area contributed by atoms with Crippen LogP contribution in [0.1, 0.15) is 61.1 Å². The molecule has 0 radical (unpaired) electrons. The summed E-state index contributed by atoms with van der Waals surface area (Å²) in [6, 6.07) is 55.9. The van der Waals surface area contributed by atoms with Crippen LogP contribution in [0.15, 0.2) is 170 Å². The Kier molecular flexibility index (Phi) is 21.8. The van der Waals surface area contributed by atoms with E-state index in [-0.39, 0.29) is 45.5 Å². The SMILES string of the molecule is COc1ccc(CO[C@@H]2[C@@H](OCc3ccccc3)[C@@H](OCOCc3ccccc3)[C@@H](OP(OCc3ccccc3)N(C(C)C)C(C)C)[C@H](OCOCc3ccccc3)[C@H]2OCc2ccc(OC)cc2)cc1. The number of ether oxygens (including phenoxy) is 9. The van der Waals surface area contributed by atoms with Crippen molar-refractivity contribution < 1.29 is 51.7 Å². The Bertz CT molecular complexity index is 2340. The zero-order valence-electron chi connectivity index (χ0n) is 41.8. The maximum atomic E-state index is 7.55. The second kappa shape index (κ2) is 28.9. The minimum atomic E-state index is -1.81. The molecule has 6 aromatic rings. The summed E-state index contributed by atoms with van der Waals surface area (Å²) in [6.07, 6.45) is -5.03. The number of hydrogen-bond acceptors (Lipinski definition) is 12. The summed E-state index contributed by atoms with van der Waals surface area (Å²) in [5.41, 5.74) is 5.85. The highest BCUT2D eigenvalue weighted by atomic mass is 31.2. The van der Waals surface area contributed by atoms with Crippen molar-refractivity contribution in [1.82, 2.24) is 4.67 Å². The topological polar surface area (TPSA) is 105 Å². The van der Waals surface area contributed by atoms with E-state index in [1.165, 1.54) is 0 Å². The molecule has 6 aromatic carbocycles. The molecule has 71 heavy (non-hydrogen) atoms. The van der Waals surface area contributed by atoms with Gasteiger partial charge in [0.15, 0.2) is 0 Å². The van der Waals surface area contributed by atoms with Gasteiger partial charge in [-0.05, 0) is 85.3 Å². The van der Waals surface area contributed by atoms with E-state index in [2.05, 4.69) is 44.5 Å². The molecule has 7 atom stereocenters. The summed E-state index contributed by atoms with van der Waals surface area (Å²) < 4.78 is 75.8. The molecular weight excluding hydrogens is 918 g/mol. The van der Waals surface area contributed by atoms with Crippen LogP contribution >= 0.6 is 8.53 Å². The van der Waals surface area contributed by atoms with Crippen LogP contribution in [-0.4, -0.2) is 81.2 Å². The van der Waals surface area contributed by atoms with Crippen LogP contribution in [0.5, 0.6) is 11.5 Å². The van der Waals surface area contributed by atoms with E-state index in [0.717, 1.165) is 44.9 Å². The fourth-order valence-corrected chi connectivity index (χ4v) is 10.2. The maximum absolute atomic E-state index is 7.55. The first-order chi connectivity index (χ1) is 34.8. The van der Waals surface area contributed by atoms with Crippen molar-refractivity contribution in [1.29, 1.82) is 0 Å².